The predicted molar refractivity (Wildman–Crippen MR) is 352 cm³/mol. The lowest BCUT2D eigenvalue weighted by Crippen LogP contribution is -2.64. The second-order valence-corrected chi connectivity index (χ2v) is 25.6. The maximum absolute atomic E-state index is 14.5. The van der Waals surface area contributed by atoms with E-state index in [1.807, 2.05) is 56.3 Å². The van der Waals surface area contributed by atoms with Gasteiger partial charge in [-0.05, 0) is 101 Å². The van der Waals surface area contributed by atoms with Crippen LogP contribution in [-0.4, -0.2) is 208 Å². The summed E-state index contributed by atoms with van der Waals surface area (Å²) in [4.78, 5) is 118. The van der Waals surface area contributed by atoms with Crippen molar-refractivity contribution in [3.63, 3.8) is 0 Å². The Bertz CT molecular complexity index is 2600. The number of hydrogen-bond acceptors (Lipinski definition) is 20. The lowest BCUT2D eigenvalue weighted by atomic mass is 9.81. The number of hydrogen-bond donors (Lipinski definition) is 11. The van der Waals surface area contributed by atoms with Crippen LogP contribution in [0.3, 0.4) is 0 Å². The number of methoxy groups -OCH3 is 1. The Kier molecular flexibility index (Phi) is 41.9. The highest BCUT2D eigenvalue weighted by Crippen LogP contribution is 2.37. The Balaban J connectivity index is 1.54. The number of carboxylic acids is 1. The number of carbonyl (C=O) groups is 9. The molecule has 0 radical (unpaired) electrons. The molecule has 0 bridgehead atoms. The largest absolute Gasteiger partial charge is 0.478 e. The predicted octanol–water partition coefficient (Wildman–Crippen LogP) is 4.07. The molecule has 1 aliphatic rings. The molecule has 11 N–H and O–H groups in total. The van der Waals surface area contributed by atoms with Crippen molar-refractivity contribution < 1.29 is 92.4 Å². The summed E-state index contributed by atoms with van der Waals surface area (Å²) in [5.74, 6) is -5.84. The van der Waals surface area contributed by atoms with Crippen molar-refractivity contribution in [1.82, 2.24) is 31.9 Å². The topological polar surface area (TPSA) is 373 Å². The molecule has 93 heavy (non-hydrogen) atoms. The van der Waals surface area contributed by atoms with Crippen molar-refractivity contribution in [1.29, 1.82) is 0 Å². The number of aliphatic hydroxyl groups excluding tert-OH is 4. The highest BCUT2D eigenvalue weighted by Gasteiger charge is 2.45. The summed E-state index contributed by atoms with van der Waals surface area (Å²) in [6.45, 7) is 8.10. The van der Waals surface area contributed by atoms with Crippen LogP contribution in [0.15, 0.2) is 65.7 Å². The van der Waals surface area contributed by atoms with Crippen molar-refractivity contribution in [3.05, 3.63) is 82.4 Å². The maximum atomic E-state index is 14.5. The Morgan fingerprint density at radius 1 is 0.645 bits per heavy atom. The number of ketones is 2. The fourth-order valence-electron chi connectivity index (χ4n) is 10.2. The number of benzene rings is 2. The van der Waals surface area contributed by atoms with Gasteiger partial charge < -0.3 is 81.1 Å². The molecule has 1 fully saturated rings. The average Bonchev–Trinajstić information content (AvgIpc) is 0.859. The minimum absolute atomic E-state index is 0.000792. The summed E-state index contributed by atoms with van der Waals surface area (Å²) in [6, 6.07) is 15.4. The molecule has 9 atom stereocenters. The number of Topliss-reactive ketones (excluding diaryl/α,β-unsaturated/α-hetero) is 2. The average molecular weight is 1350 g/mol. The number of carboxylic acid groups (broad SMARTS) is 1. The van der Waals surface area contributed by atoms with Crippen LogP contribution in [0.1, 0.15) is 144 Å². The number of aliphatic hydroxyl groups is 4. The van der Waals surface area contributed by atoms with E-state index in [1.165, 1.54) is 24.6 Å². The summed E-state index contributed by atoms with van der Waals surface area (Å²) in [5, 5.41) is 65.8. The molecule has 2 aromatic rings. The number of nitrogens with one attached hydrogen (secondary N) is 6. The van der Waals surface area contributed by atoms with Gasteiger partial charge in [0.1, 0.15) is 35.9 Å². The van der Waals surface area contributed by atoms with E-state index < -0.39 is 78.7 Å². The first-order valence-corrected chi connectivity index (χ1v) is 34.7. The van der Waals surface area contributed by atoms with E-state index in [4.69, 9.17) is 28.8 Å². The Hall–Kier alpha value is -5.85. The van der Waals surface area contributed by atoms with E-state index in [0.29, 0.717) is 56.6 Å². The number of amides is 6. The molecule has 1 aliphatic heterocycles. The molecule has 2 aromatic carbocycles. The second-order valence-electron chi connectivity index (χ2n) is 22.9. The zero-order valence-electron chi connectivity index (χ0n) is 54.7. The van der Waals surface area contributed by atoms with Gasteiger partial charge in [-0.15, -0.1) is 0 Å². The van der Waals surface area contributed by atoms with Gasteiger partial charge in [0.2, 0.25) is 29.5 Å². The molecule has 6 amide bonds. The molecule has 0 spiro atoms. The highest BCUT2D eigenvalue weighted by atomic mass is 33.1. The first-order valence-electron chi connectivity index (χ1n) is 32.3. The number of unbranched alkanes of at least 4 members (excludes halogenated alkanes) is 3. The third kappa shape index (κ3) is 32.9. The van der Waals surface area contributed by atoms with Crippen LogP contribution in [0, 0.1) is 17.8 Å². The van der Waals surface area contributed by atoms with Gasteiger partial charge in [-0.1, -0.05) is 83.8 Å². The van der Waals surface area contributed by atoms with Gasteiger partial charge in [0.05, 0.1) is 38.8 Å². The molecular weight excluding hydrogens is 1240 g/mol. The zero-order chi connectivity index (χ0) is 68.3. The normalized spacial score (nSPS) is 17.8. The third-order valence-electron chi connectivity index (χ3n) is 15.6. The Morgan fingerprint density at radius 2 is 1.28 bits per heavy atom. The van der Waals surface area contributed by atoms with Gasteiger partial charge in [-0.3, -0.25) is 38.4 Å². The summed E-state index contributed by atoms with van der Waals surface area (Å²) in [6.07, 6.45) is 0.475. The first kappa shape index (κ1) is 81.4. The molecule has 25 nitrogen and oxygen atoms in total. The SMILES string of the molecule is CCC(CCCNC(=O)/C(CCC(=O)NCCOCCOC1OC(CO)C(O)C(O)C1NC(C)=O)=C(/C)C(=O)O)C(=O)CC(Cc1ccccc1)C(=O)CC(CCCNC(=O)c1ccc(C(C)SSCC(=O)NCCCCCCOC)cc1)C(=O)NCCOCCCO. The summed E-state index contributed by atoms with van der Waals surface area (Å²) in [5.41, 5.74) is 1.94. The Morgan fingerprint density at radius 3 is 1.95 bits per heavy atom. The molecule has 27 heteroatoms. The third-order valence-corrected chi connectivity index (χ3v) is 18.3. The number of aliphatic carboxylic acids is 1. The number of carbonyl (C=O) groups excluding carboxylic acids is 8. The van der Waals surface area contributed by atoms with Gasteiger partial charge in [0.15, 0.2) is 6.29 Å². The molecule has 0 aliphatic carbocycles. The lowest BCUT2D eigenvalue weighted by molar-refractivity contribution is -0.272. The molecule has 0 saturated carbocycles. The fraction of sp³-hybridized carbons (Fsp3) is 0.652. The Labute approximate surface area is 554 Å². The summed E-state index contributed by atoms with van der Waals surface area (Å²) in [7, 11) is 4.75. The summed E-state index contributed by atoms with van der Waals surface area (Å²) >= 11 is 0. The summed E-state index contributed by atoms with van der Waals surface area (Å²) < 4.78 is 27.2. The van der Waals surface area contributed by atoms with Crippen molar-refractivity contribution in [2.45, 2.75) is 160 Å². The van der Waals surface area contributed by atoms with Crippen LogP contribution in [0.5, 0.6) is 0 Å². The van der Waals surface area contributed by atoms with Crippen LogP contribution < -0.4 is 31.9 Å². The van der Waals surface area contributed by atoms with Crippen molar-refractivity contribution in [2.24, 2.45) is 17.8 Å². The van der Waals surface area contributed by atoms with Crippen molar-refractivity contribution in [3.8, 4) is 0 Å². The second kappa shape index (κ2) is 47.9. The van der Waals surface area contributed by atoms with Gasteiger partial charge in [-0.25, -0.2) is 4.79 Å². The van der Waals surface area contributed by atoms with Gasteiger partial charge in [0.25, 0.3) is 5.91 Å². The molecule has 1 saturated heterocycles. The quantitative estimate of drug-likeness (QED) is 0.0253. The zero-order valence-corrected chi connectivity index (χ0v) is 56.3. The lowest BCUT2D eigenvalue weighted by Gasteiger charge is -2.42. The fourth-order valence-corrected chi connectivity index (χ4v) is 12.4. The molecule has 9 unspecified atom stereocenters. The van der Waals surface area contributed by atoms with Crippen LogP contribution in [0.25, 0.3) is 0 Å². The van der Waals surface area contributed by atoms with E-state index in [9.17, 15) is 63.6 Å². The molecule has 0 aromatic heterocycles. The number of rotatable bonds is 51. The standard InChI is InChI=1S/C66H102N6O19S2/c1-6-48(19-14-29-70-64(84)53(44(2)65(85)86)25-26-57(78)68-30-35-89-37-38-90-66-59(72-46(4)75)61(81)60(80)56(42-74)91-66)54(76)41-52(39-47-17-10-9-11-18-47)55(77)40-51(63(83)71-31-36-88-34-16-32-73)20-15-28-69-62(82)50-23-21-49(22-24-50)45(3)93-92-43-58(79)67-27-12-7-8-13-33-87-5/h9-11,17-18,21-24,45,48,51-52,56,59-61,66,73-74,80-81H,6-8,12-16,19-20,25-43H2,1-5H3,(H,67,79)(H,68,78)(H,69,82)(H,70,84)(H,71,83)(H,72,75)(H,85,86)/b53-44-. The minimum Gasteiger partial charge on any atom is -0.478 e. The molecule has 522 valence electrons. The highest BCUT2D eigenvalue weighted by molar-refractivity contribution is 8.76. The minimum atomic E-state index is -1.48. The monoisotopic (exact) mass is 1350 g/mol. The van der Waals surface area contributed by atoms with Crippen LogP contribution in [0.4, 0.5) is 0 Å². The van der Waals surface area contributed by atoms with Crippen LogP contribution in [0.2, 0.25) is 0 Å². The van der Waals surface area contributed by atoms with E-state index in [-0.39, 0.29) is 143 Å². The molecular formula is C66H102N6O19S2. The van der Waals surface area contributed by atoms with Gasteiger partial charge in [-0.2, -0.15) is 0 Å². The van der Waals surface area contributed by atoms with E-state index in [2.05, 4.69) is 31.9 Å². The number of ether oxygens (including phenoxy) is 5. The van der Waals surface area contributed by atoms with Crippen LogP contribution in [-0.2, 0) is 68.5 Å². The van der Waals surface area contributed by atoms with E-state index in [1.54, 1.807) is 30.0 Å². The maximum Gasteiger partial charge on any atom is 0.331 e. The smallest absolute Gasteiger partial charge is 0.331 e. The van der Waals surface area contributed by atoms with E-state index in [0.717, 1.165) is 43.4 Å². The van der Waals surface area contributed by atoms with E-state index >= 15 is 0 Å². The van der Waals surface area contributed by atoms with Gasteiger partial charge in [0, 0.05) is 126 Å². The van der Waals surface area contributed by atoms with Crippen molar-refractivity contribution in [2.75, 3.05) is 98.4 Å². The van der Waals surface area contributed by atoms with Gasteiger partial charge >= 0.3 is 5.97 Å². The van der Waals surface area contributed by atoms with Crippen LogP contribution >= 0.6 is 21.6 Å². The molecule has 3 rings (SSSR count). The molecule has 1 heterocycles. The van der Waals surface area contributed by atoms with Crippen molar-refractivity contribution >= 4 is 74.6 Å². The first-order chi connectivity index (χ1) is 44.7.